The van der Waals surface area contributed by atoms with Crippen LogP contribution >= 0.6 is 15.9 Å². The fraction of sp³-hybridized carbons (Fsp3) is 0.136. The van der Waals surface area contributed by atoms with E-state index in [1.165, 1.54) is 3.97 Å². The van der Waals surface area contributed by atoms with Gasteiger partial charge in [0.15, 0.2) is 5.65 Å². The summed E-state index contributed by atoms with van der Waals surface area (Å²) in [6, 6.07) is 14.5. The second-order valence-electron chi connectivity index (χ2n) is 6.89. The fourth-order valence-electron chi connectivity index (χ4n) is 3.31. The zero-order valence-corrected chi connectivity index (χ0v) is 18.6. The fourth-order valence-corrected chi connectivity index (χ4v) is 4.96. The van der Waals surface area contributed by atoms with Gasteiger partial charge in [-0.25, -0.2) is 17.4 Å². The Morgan fingerprint density at radius 2 is 1.66 bits per heavy atom. The molecule has 4 rings (SSSR count). The van der Waals surface area contributed by atoms with Crippen LogP contribution in [-0.2, 0) is 10.0 Å². The highest BCUT2D eigenvalue weighted by Crippen LogP contribution is 2.38. The molecule has 0 amide bonds. The summed E-state index contributed by atoms with van der Waals surface area (Å²) < 4.78 is 34.3. The van der Waals surface area contributed by atoms with E-state index in [9.17, 15) is 8.42 Å². The van der Waals surface area contributed by atoms with Crippen molar-refractivity contribution >= 4 is 37.0 Å². The number of methoxy groups -OCH3 is 1. The summed E-state index contributed by atoms with van der Waals surface area (Å²) in [7, 11) is -2.21. The molecule has 0 fully saturated rings. The highest BCUT2D eigenvalue weighted by atomic mass is 79.9. The molecule has 7 heteroatoms. The lowest BCUT2D eigenvalue weighted by atomic mass is 10.0. The second kappa shape index (κ2) is 7.31. The summed E-state index contributed by atoms with van der Waals surface area (Å²) in [6.07, 6.45) is 3.22. The number of hydrogen-bond acceptors (Lipinski definition) is 4. The van der Waals surface area contributed by atoms with Gasteiger partial charge in [0, 0.05) is 33.4 Å². The Labute approximate surface area is 178 Å². The minimum atomic E-state index is -3.81. The summed E-state index contributed by atoms with van der Waals surface area (Å²) in [5, 5.41) is 0.721. The van der Waals surface area contributed by atoms with E-state index in [-0.39, 0.29) is 4.90 Å². The predicted octanol–water partition coefficient (Wildman–Crippen LogP) is 5.33. The molecule has 0 unspecified atom stereocenters. The molecular formula is C22H19BrN2O3S. The minimum Gasteiger partial charge on any atom is -0.496 e. The number of aryl methyl sites for hydroxylation is 2. The number of rotatable bonds is 4. The first-order valence-electron chi connectivity index (χ1n) is 8.95. The van der Waals surface area contributed by atoms with E-state index in [0.717, 1.165) is 32.1 Å². The zero-order valence-electron chi connectivity index (χ0n) is 16.2. The monoisotopic (exact) mass is 470 g/mol. The van der Waals surface area contributed by atoms with E-state index in [1.807, 2.05) is 38.1 Å². The van der Waals surface area contributed by atoms with Crippen LogP contribution in [-0.4, -0.2) is 24.5 Å². The Balaban J connectivity index is 2.04. The molecule has 29 heavy (non-hydrogen) atoms. The lowest BCUT2D eigenvalue weighted by Gasteiger charge is -2.09. The first-order chi connectivity index (χ1) is 13.8. The van der Waals surface area contributed by atoms with Crippen LogP contribution in [0.3, 0.4) is 0 Å². The van der Waals surface area contributed by atoms with Gasteiger partial charge in [0.25, 0.3) is 10.0 Å². The number of fused-ring (bicyclic) bond motifs is 1. The standard InChI is InChI=1S/C22H19BrN2O3S/c1-14-4-7-17(8-5-14)29(26,27)25-13-20(19-11-16(23)12-24-22(19)25)18-10-15(2)6-9-21(18)28-3/h4-13H,1-3H3. The van der Waals surface area contributed by atoms with Gasteiger partial charge in [0.05, 0.1) is 12.0 Å². The first kappa shape index (κ1) is 19.7. The smallest absolute Gasteiger partial charge is 0.269 e. The molecule has 148 valence electrons. The average molecular weight is 471 g/mol. The summed E-state index contributed by atoms with van der Waals surface area (Å²) in [5.74, 6) is 0.669. The number of hydrogen-bond donors (Lipinski definition) is 0. The van der Waals surface area contributed by atoms with Crippen LogP contribution in [0.1, 0.15) is 11.1 Å². The summed E-state index contributed by atoms with van der Waals surface area (Å²) in [5.41, 5.74) is 3.97. The molecule has 5 nitrogen and oxygen atoms in total. The molecule has 0 saturated heterocycles. The van der Waals surface area contributed by atoms with E-state index >= 15 is 0 Å². The van der Waals surface area contributed by atoms with Crippen molar-refractivity contribution in [3.8, 4) is 16.9 Å². The van der Waals surface area contributed by atoms with Crippen molar-refractivity contribution in [1.29, 1.82) is 0 Å². The third-order valence-corrected chi connectivity index (χ3v) is 6.90. The van der Waals surface area contributed by atoms with Gasteiger partial charge in [-0.2, -0.15) is 0 Å². The van der Waals surface area contributed by atoms with E-state index in [4.69, 9.17) is 4.74 Å². The summed E-state index contributed by atoms with van der Waals surface area (Å²) in [6.45, 7) is 3.90. The maximum Gasteiger partial charge on any atom is 0.269 e. The van der Waals surface area contributed by atoms with Gasteiger partial charge in [-0.15, -0.1) is 0 Å². The first-order valence-corrected chi connectivity index (χ1v) is 11.2. The molecule has 0 radical (unpaired) electrons. The Kier molecular flexibility index (Phi) is 4.96. The van der Waals surface area contributed by atoms with Crippen molar-refractivity contribution in [2.24, 2.45) is 0 Å². The molecule has 0 saturated carbocycles. The van der Waals surface area contributed by atoms with Gasteiger partial charge in [-0.3, -0.25) is 0 Å². The number of benzene rings is 2. The van der Waals surface area contributed by atoms with E-state index < -0.39 is 10.0 Å². The van der Waals surface area contributed by atoms with Crippen LogP contribution in [0.25, 0.3) is 22.2 Å². The molecule has 0 atom stereocenters. The van der Waals surface area contributed by atoms with Crippen molar-refractivity contribution in [2.75, 3.05) is 7.11 Å². The van der Waals surface area contributed by atoms with Gasteiger partial charge in [0.2, 0.25) is 0 Å². The van der Waals surface area contributed by atoms with Crippen LogP contribution in [0, 0.1) is 13.8 Å². The molecular weight excluding hydrogens is 452 g/mol. The third-order valence-electron chi connectivity index (χ3n) is 4.80. The maximum absolute atomic E-state index is 13.4. The predicted molar refractivity (Wildman–Crippen MR) is 118 cm³/mol. The summed E-state index contributed by atoms with van der Waals surface area (Å²) in [4.78, 5) is 4.63. The van der Waals surface area contributed by atoms with E-state index in [0.29, 0.717) is 11.4 Å². The molecule has 2 aromatic carbocycles. The lowest BCUT2D eigenvalue weighted by molar-refractivity contribution is 0.416. The molecule has 2 heterocycles. The molecule has 0 N–H and O–H groups in total. The van der Waals surface area contributed by atoms with E-state index in [1.54, 1.807) is 43.8 Å². The van der Waals surface area contributed by atoms with Gasteiger partial charge in [-0.1, -0.05) is 29.3 Å². The second-order valence-corrected chi connectivity index (χ2v) is 9.62. The van der Waals surface area contributed by atoms with Crippen LogP contribution in [0.2, 0.25) is 0 Å². The SMILES string of the molecule is COc1ccc(C)cc1-c1cn(S(=O)(=O)c2ccc(C)cc2)c2ncc(Br)cc12. The van der Waals surface area contributed by atoms with Crippen LogP contribution in [0.5, 0.6) is 5.75 Å². The highest BCUT2D eigenvalue weighted by Gasteiger charge is 2.24. The Hall–Kier alpha value is -2.64. The average Bonchev–Trinajstić information content (AvgIpc) is 3.07. The normalized spacial score (nSPS) is 11.7. The zero-order chi connectivity index (χ0) is 20.8. The largest absolute Gasteiger partial charge is 0.496 e. The Morgan fingerprint density at radius 1 is 0.966 bits per heavy atom. The number of pyridine rings is 1. The number of ether oxygens (including phenoxy) is 1. The van der Waals surface area contributed by atoms with Gasteiger partial charge < -0.3 is 4.74 Å². The van der Waals surface area contributed by atoms with Crippen molar-refractivity contribution in [2.45, 2.75) is 18.7 Å². The molecule has 4 aromatic rings. The van der Waals surface area contributed by atoms with Crippen LogP contribution in [0.4, 0.5) is 0 Å². The van der Waals surface area contributed by atoms with Gasteiger partial charge in [-0.05, 0) is 60.1 Å². The molecule has 0 spiro atoms. The number of aromatic nitrogens is 2. The topological polar surface area (TPSA) is 61.2 Å². The van der Waals surface area contributed by atoms with Gasteiger partial charge >= 0.3 is 0 Å². The van der Waals surface area contributed by atoms with Crippen molar-refractivity contribution in [3.63, 3.8) is 0 Å². The molecule has 0 aliphatic heterocycles. The quantitative estimate of drug-likeness (QED) is 0.404. The molecule has 0 aliphatic rings. The van der Waals surface area contributed by atoms with Crippen LogP contribution in [0.15, 0.2) is 70.3 Å². The Morgan fingerprint density at radius 3 is 2.34 bits per heavy atom. The third kappa shape index (κ3) is 3.45. The molecule has 0 aliphatic carbocycles. The highest BCUT2D eigenvalue weighted by molar-refractivity contribution is 9.10. The number of halogens is 1. The van der Waals surface area contributed by atoms with Crippen LogP contribution < -0.4 is 4.74 Å². The maximum atomic E-state index is 13.4. The van der Waals surface area contributed by atoms with Crippen molar-refractivity contribution in [3.05, 3.63) is 76.5 Å². The summed E-state index contributed by atoms with van der Waals surface area (Å²) >= 11 is 3.45. The van der Waals surface area contributed by atoms with E-state index in [2.05, 4.69) is 20.9 Å². The van der Waals surface area contributed by atoms with Crippen molar-refractivity contribution < 1.29 is 13.2 Å². The Bertz CT molecular complexity index is 1330. The minimum absolute atomic E-state index is 0.215. The molecule has 2 aromatic heterocycles. The van der Waals surface area contributed by atoms with Crippen molar-refractivity contribution in [1.82, 2.24) is 8.96 Å². The lowest BCUT2D eigenvalue weighted by Crippen LogP contribution is -2.12. The number of nitrogens with zero attached hydrogens (tertiary/aromatic N) is 2. The van der Waals surface area contributed by atoms with Gasteiger partial charge in [0.1, 0.15) is 5.75 Å². The molecule has 0 bridgehead atoms.